The minimum absolute atomic E-state index is 0.246. The van der Waals surface area contributed by atoms with Crippen molar-refractivity contribution in [1.82, 2.24) is 0 Å². The van der Waals surface area contributed by atoms with E-state index in [2.05, 4.69) is 11.1 Å². The molecule has 0 spiro atoms. The molecule has 126 valence electrons. The minimum Gasteiger partial charge on any atom is -0.497 e. The predicted octanol–water partition coefficient (Wildman–Crippen LogP) is 3.24. The van der Waals surface area contributed by atoms with Crippen LogP contribution in [-0.2, 0) is 0 Å². The molecule has 0 aliphatic carbocycles. The SMILES string of the molecule is COc1ccc(-c2c(C)ccc3ccc(C(=O)N=C(N)N)cc23)cc1. The summed E-state index contributed by atoms with van der Waals surface area (Å²) in [4.78, 5) is 15.8. The third-order valence-corrected chi connectivity index (χ3v) is 4.09. The Hall–Kier alpha value is -3.34. The van der Waals surface area contributed by atoms with Crippen LogP contribution < -0.4 is 16.2 Å². The summed E-state index contributed by atoms with van der Waals surface area (Å²) in [5.41, 5.74) is 14.3. The van der Waals surface area contributed by atoms with Crippen molar-refractivity contribution < 1.29 is 9.53 Å². The second kappa shape index (κ2) is 6.65. The Morgan fingerprint density at radius 3 is 2.32 bits per heavy atom. The molecule has 0 fully saturated rings. The van der Waals surface area contributed by atoms with E-state index in [9.17, 15) is 4.79 Å². The van der Waals surface area contributed by atoms with Gasteiger partial charge in [-0.05, 0) is 58.7 Å². The molecule has 0 atom stereocenters. The third kappa shape index (κ3) is 3.30. The van der Waals surface area contributed by atoms with Crippen molar-refractivity contribution in [3.05, 3.63) is 65.7 Å². The molecule has 0 radical (unpaired) electrons. The number of fused-ring (bicyclic) bond motifs is 1. The van der Waals surface area contributed by atoms with Gasteiger partial charge in [-0.1, -0.05) is 30.3 Å². The molecule has 0 aliphatic heterocycles. The summed E-state index contributed by atoms with van der Waals surface area (Å²) in [6.45, 7) is 2.05. The summed E-state index contributed by atoms with van der Waals surface area (Å²) in [5, 5.41) is 2.01. The summed E-state index contributed by atoms with van der Waals surface area (Å²) < 4.78 is 5.23. The quantitative estimate of drug-likeness (QED) is 0.568. The Kier molecular flexibility index (Phi) is 4.39. The standard InChI is InChI=1S/C20H19N3O2/c1-12-3-4-13-5-6-15(19(24)23-20(21)22)11-17(13)18(12)14-7-9-16(25-2)10-8-14/h3-11H,1-2H3,(H4,21,22,23,24). The number of nitrogens with two attached hydrogens (primary N) is 2. The van der Waals surface area contributed by atoms with Crippen LogP contribution in [0.3, 0.4) is 0 Å². The van der Waals surface area contributed by atoms with E-state index < -0.39 is 5.91 Å². The lowest BCUT2D eigenvalue weighted by Gasteiger charge is -2.12. The van der Waals surface area contributed by atoms with Crippen LogP contribution >= 0.6 is 0 Å². The largest absolute Gasteiger partial charge is 0.497 e. The van der Waals surface area contributed by atoms with Gasteiger partial charge in [-0.2, -0.15) is 4.99 Å². The topological polar surface area (TPSA) is 90.7 Å². The number of rotatable bonds is 3. The maximum absolute atomic E-state index is 12.2. The van der Waals surface area contributed by atoms with E-state index in [0.717, 1.165) is 33.2 Å². The van der Waals surface area contributed by atoms with Crippen LogP contribution in [0.15, 0.2) is 59.6 Å². The number of amides is 1. The number of guanidine groups is 1. The van der Waals surface area contributed by atoms with Crippen LogP contribution in [0.2, 0.25) is 0 Å². The van der Waals surface area contributed by atoms with E-state index >= 15 is 0 Å². The number of methoxy groups -OCH3 is 1. The highest BCUT2D eigenvalue weighted by atomic mass is 16.5. The first-order chi connectivity index (χ1) is 12.0. The summed E-state index contributed by atoms with van der Waals surface area (Å²) in [6.07, 6.45) is 0. The molecule has 0 bridgehead atoms. The summed E-state index contributed by atoms with van der Waals surface area (Å²) in [5.74, 6) is 0.0964. The van der Waals surface area contributed by atoms with Gasteiger partial charge in [0.1, 0.15) is 5.75 Å². The molecule has 0 unspecified atom stereocenters. The summed E-state index contributed by atoms with van der Waals surface area (Å²) >= 11 is 0. The second-order valence-corrected chi connectivity index (χ2v) is 5.76. The molecule has 0 heterocycles. The van der Waals surface area contributed by atoms with Gasteiger partial charge < -0.3 is 16.2 Å². The van der Waals surface area contributed by atoms with Crippen LogP contribution in [0.25, 0.3) is 21.9 Å². The van der Waals surface area contributed by atoms with Crippen LogP contribution in [0.1, 0.15) is 15.9 Å². The smallest absolute Gasteiger partial charge is 0.280 e. The van der Waals surface area contributed by atoms with Crippen molar-refractivity contribution in [2.75, 3.05) is 7.11 Å². The maximum Gasteiger partial charge on any atom is 0.280 e. The van der Waals surface area contributed by atoms with Crippen LogP contribution in [0, 0.1) is 6.92 Å². The minimum atomic E-state index is -0.455. The van der Waals surface area contributed by atoms with E-state index in [-0.39, 0.29) is 5.96 Å². The van der Waals surface area contributed by atoms with Crippen LogP contribution in [-0.4, -0.2) is 19.0 Å². The first-order valence-electron chi connectivity index (χ1n) is 7.81. The Bertz CT molecular complexity index is 972. The fraction of sp³-hybridized carbons (Fsp3) is 0.100. The fourth-order valence-corrected chi connectivity index (χ4v) is 2.88. The Labute approximate surface area is 145 Å². The lowest BCUT2D eigenvalue weighted by Crippen LogP contribution is -2.24. The molecular formula is C20H19N3O2. The molecule has 4 N–H and O–H groups in total. The fourth-order valence-electron chi connectivity index (χ4n) is 2.88. The van der Waals surface area contributed by atoms with E-state index in [0.29, 0.717) is 5.56 Å². The zero-order chi connectivity index (χ0) is 18.0. The first-order valence-corrected chi connectivity index (χ1v) is 7.81. The van der Waals surface area contributed by atoms with Gasteiger partial charge in [0.15, 0.2) is 5.96 Å². The predicted molar refractivity (Wildman–Crippen MR) is 101 cm³/mol. The Morgan fingerprint density at radius 2 is 1.68 bits per heavy atom. The van der Waals surface area contributed by atoms with Gasteiger partial charge in [0, 0.05) is 5.56 Å². The third-order valence-electron chi connectivity index (χ3n) is 4.09. The number of aryl methyl sites for hydroxylation is 1. The van der Waals surface area contributed by atoms with E-state index in [1.54, 1.807) is 13.2 Å². The van der Waals surface area contributed by atoms with E-state index in [1.807, 2.05) is 49.4 Å². The van der Waals surface area contributed by atoms with Gasteiger partial charge in [-0.3, -0.25) is 4.79 Å². The van der Waals surface area contributed by atoms with Crippen molar-refractivity contribution in [3.8, 4) is 16.9 Å². The molecule has 3 rings (SSSR count). The molecule has 3 aromatic carbocycles. The van der Waals surface area contributed by atoms with Gasteiger partial charge >= 0.3 is 0 Å². The molecule has 3 aromatic rings. The zero-order valence-corrected chi connectivity index (χ0v) is 14.1. The molecule has 1 amide bonds. The van der Waals surface area contributed by atoms with Crippen molar-refractivity contribution in [2.45, 2.75) is 6.92 Å². The van der Waals surface area contributed by atoms with Crippen molar-refractivity contribution >= 4 is 22.6 Å². The lowest BCUT2D eigenvalue weighted by atomic mass is 9.93. The maximum atomic E-state index is 12.2. The molecule has 0 saturated heterocycles. The number of benzene rings is 3. The lowest BCUT2D eigenvalue weighted by molar-refractivity contribution is 0.100. The van der Waals surface area contributed by atoms with Crippen molar-refractivity contribution in [1.29, 1.82) is 0 Å². The Balaban J connectivity index is 2.20. The number of hydrogen-bond acceptors (Lipinski definition) is 2. The average Bonchev–Trinajstić information content (AvgIpc) is 2.60. The summed E-state index contributed by atoms with van der Waals surface area (Å²) in [7, 11) is 1.64. The zero-order valence-electron chi connectivity index (χ0n) is 14.1. The van der Waals surface area contributed by atoms with Gasteiger partial charge in [-0.15, -0.1) is 0 Å². The van der Waals surface area contributed by atoms with Gasteiger partial charge in [0.05, 0.1) is 7.11 Å². The normalized spacial score (nSPS) is 10.5. The molecule has 25 heavy (non-hydrogen) atoms. The number of carbonyl (C=O) groups excluding carboxylic acids is 1. The van der Waals surface area contributed by atoms with E-state index in [4.69, 9.17) is 16.2 Å². The van der Waals surface area contributed by atoms with Crippen LogP contribution in [0.4, 0.5) is 0 Å². The highest BCUT2D eigenvalue weighted by Gasteiger charge is 2.11. The monoisotopic (exact) mass is 333 g/mol. The van der Waals surface area contributed by atoms with Crippen molar-refractivity contribution in [3.63, 3.8) is 0 Å². The number of carbonyl (C=O) groups is 1. The van der Waals surface area contributed by atoms with Gasteiger partial charge in [-0.25, -0.2) is 0 Å². The average molecular weight is 333 g/mol. The number of nitrogens with zero attached hydrogens (tertiary/aromatic N) is 1. The highest BCUT2D eigenvalue weighted by molar-refractivity contribution is 6.07. The molecule has 0 aromatic heterocycles. The number of ether oxygens (including phenoxy) is 1. The van der Waals surface area contributed by atoms with Crippen LogP contribution in [0.5, 0.6) is 5.75 Å². The van der Waals surface area contributed by atoms with Crippen molar-refractivity contribution in [2.24, 2.45) is 16.5 Å². The molecular weight excluding hydrogens is 314 g/mol. The van der Waals surface area contributed by atoms with E-state index in [1.165, 1.54) is 0 Å². The summed E-state index contributed by atoms with van der Waals surface area (Å²) in [6, 6.07) is 17.4. The Morgan fingerprint density at radius 1 is 1.00 bits per heavy atom. The number of aliphatic imine (C=N–C) groups is 1. The first kappa shape index (κ1) is 16.5. The molecule has 5 nitrogen and oxygen atoms in total. The molecule has 5 heteroatoms. The number of hydrogen-bond donors (Lipinski definition) is 2. The van der Waals surface area contributed by atoms with Gasteiger partial charge in [0.2, 0.25) is 0 Å². The molecule has 0 aliphatic rings. The van der Waals surface area contributed by atoms with Gasteiger partial charge in [0.25, 0.3) is 5.91 Å². The second-order valence-electron chi connectivity index (χ2n) is 5.76. The highest BCUT2D eigenvalue weighted by Crippen LogP contribution is 2.33. The molecule has 0 saturated carbocycles.